The number of hydrogen-bond acceptors (Lipinski definition) is 5. The summed E-state index contributed by atoms with van der Waals surface area (Å²) in [6.45, 7) is 2.66. The summed E-state index contributed by atoms with van der Waals surface area (Å²) in [4.78, 5) is 41.8. The number of carbonyl (C=O) groups excluding carboxylic acids is 1. The molecule has 1 fully saturated rings. The van der Waals surface area contributed by atoms with Gasteiger partial charge in [-0.3, -0.25) is 19.5 Å². The molecule has 1 saturated heterocycles. The number of nitrogens with one attached hydrogen (secondary N) is 1. The molecule has 1 amide bonds. The standard InChI is InChI=1S/C24H24FN5O2/c25-18-7-5-17(6-8-18)24(32)30-11-2-4-21(30)22-27-20-9-12-29(15-19(20)23(31)28-22)14-16-3-1-10-26-13-16/h1,3,5-8,10,13,21H,2,4,9,11-12,14-15H2,(H,27,28,31)/t21-/m1/s1. The van der Waals surface area contributed by atoms with Crippen LogP contribution in [0.25, 0.3) is 0 Å². The third-order valence-electron chi connectivity index (χ3n) is 6.22. The van der Waals surface area contributed by atoms with Gasteiger partial charge in [-0.2, -0.15) is 0 Å². The van der Waals surface area contributed by atoms with Crippen LogP contribution in [0.4, 0.5) is 4.39 Å². The second-order valence-electron chi connectivity index (χ2n) is 8.36. The van der Waals surface area contributed by atoms with Gasteiger partial charge in [-0.05, 0) is 48.7 Å². The highest BCUT2D eigenvalue weighted by Crippen LogP contribution is 2.31. The van der Waals surface area contributed by atoms with E-state index < -0.39 is 0 Å². The molecule has 1 atom stereocenters. The lowest BCUT2D eigenvalue weighted by Crippen LogP contribution is -2.37. The fourth-order valence-corrected chi connectivity index (χ4v) is 4.60. The molecule has 8 heteroatoms. The summed E-state index contributed by atoms with van der Waals surface area (Å²) in [5, 5.41) is 0. The van der Waals surface area contributed by atoms with E-state index in [2.05, 4.69) is 14.9 Å². The highest BCUT2D eigenvalue weighted by atomic mass is 19.1. The summed E-state index contributed by atoms with van der Waals surface area (Å²) in [5.74, 6) is -0.00397. The zero-order chi connectivity index (χ0) is 22.1. The number of carbonyl (C=O) groups is 1. The number of likely N-dealkylation sites (tertiary alicyclic amines) is 1. The number of pyridine rings is 1. The summed E-state index contributed by atoms with van der Waals surface area (Å²) in [5.41, 5.74) is 2.91. The molecule has 164 valence electrons. The van der Waals surface area contributed by atoms with Crippen LogP contribution in [0.3, 0.4) is 0 Å². The van der Waals surface area contributed by atoms with Crippen molar-refractivity contribution in [2.45, 2.75) is 38.4 Å². The molecule has 2 aliphatic rings. The predicted molar refractivity (Wildman–Crippen MR) is 116 cm³/mol. The topological polar surface area (TPSA) is 82.2 Å². The van der Waals surface area contributed by atoms with Crippen LogP contribution < -0.4 is 5.56 Å². The van der Waals surface area contributed by atoms with Crippen molar-refractivity contribution in [1.82, 2.24) is 24.8 Å². The van der Waals surface area contributed by atoms with Crippen molar-refractivity contribution in [1.29, 1.82) is 0 Å². The fraction of sp³-hybridized carbons (Fsp3) is 0.333. The number of nitrogens with zero attached hydrogens (tertiary/aromatic N) is 4. The van der Waals surface area contributed by atoms with E-state index in [0.29, 0.717) is 36.5 Å². The van der Waals surface area contributed by atoms with Crippen molar-refractivity contribution in [3.63, 3.8) is 0 Å². The fourth-order valence-electron chi connectivity index (χ4n) is 4.60. The normalized spacial score (nSPS) is 18.5. The van der Waals surface area contributed by atoms with Gasteiger partial charge in [0.05, 0.1) is 17.3 Å². The number of aromatic amines is 1. The molecule has 2 aromatic heterocycles. The van der Waals surface area contributed by atoms with Crippen LogP contribution in [0.1, 0.15) is 51.9 Å². The van der Waals surface area contributed by atoms with Crippen LogP contribution in [0, 0.1) is 5.82 Å². The van der Waals surface area contributed by atoms with E-state index in [1.807, 2.05) is 18.3 Å². The van der Waals surface area contributed by atoms with Gasteiger partial charge in [-0.25, -0.2) is 9.37 Å². The van der Waals surface area contributed by atoms with Gasteiger partial charge in [0.1, 0.15) is 11.6 Å². The zero-order valence-electron chi connectivity index (χ0n) is 17.6. The number of benzene rings is 1. The molecule has 4 heterocycles. The van der Waals surface area contributed by atoms with Crippen LogP contribution >= 0.6 is 0 Å². The maximum Gasteiger partial charge on any atom is 0.255 e. The Morgan fingerprint density at radius 2 is 2.03 bits per heavy atom. The minimum Gasteiger partial charge on any atom is -0.328 e. The molecular weight excluding hydrogens is 409 g/mol. The van der Waals surface area contributed by atoms with Crippen LogP contribution in [0.5, 0.6) is 0 Å². The molecule has 0 bridgehead atoms. The Morgan fingerprint density at radius 3 is 2.81 bits per heavy atom. The smallest absolute Gasteiger partial charge is 0.255 e. The highest BCUT2D eigenvalue weighted by Gasteiger charge is 2.33. The molecule has 1 N–H and O–H groups in total. The molecular formula is C24H24FN5O2. The number of halogens is 1. The summed E-state index contributed by atoms with van der Waals surface area (Å²) < 4.78 is 13.2. The van der Waals surface area contributed by atoms with Crippen LogP contribution in [-0.2, 0) is 19.5 Å². The van der Waals surface area contributed by atoms with Crippen LogP contribution in [0.15, 0.2) is 53.6 Å². The first kappa shape index (κ1) is 20.5. The first-order valence-corrected chi connectivity index (χ1v) is 10.9. The van der Waals surface area contributed by atoms with Crippen molar-refractivity contribution < 1.29 is 9.18 Å². The number of rotatable bonds is 4. The summed E-state index contributed by atoms with van der Waals surface area (Å²) in [7, 11) is 0. The quantitative estimate of drug-likeness (QED) is 0.684. The third-order valence-corrected chi connectivity index (χ3v) is 6.22. The maximum absolute atomic E-state index is 13.2. The molecule has 2 aliphatic heterocycles. The molecule has 1 aromatic carbocycles. The number of fused-ring (bicyclic) bond motifs is 1. The zero-order valence-corrected chi connectivity index (χ0v) is 17.6. The highest BCUT2D eigenvalue weighted by molar-refractivity contribution is 5.94. The molecule has 0 saturated carbocycles. The second-order valence-corrected chi connectivity index (χ2v) is 8.36. The van der Waals surface area contributed by atoms with Gasteiger partial charge in [-0.1, -0.05) is 6.07 Å². The van der Waals surface area contributed by atoms with Crippen molar-refractivity contribution in [3.8, 4) is 0 Å². The van der Waals surface area contributed by atoms with Crippen molar-refractivity contribution in [2.75, 3.05) is 13.1 Å². The predicted octanol–water partition coefficient (Wildman–Crippen LogP) is 2.84. The molecule has 0 unspecified atom stereocenters. The van der Waals surface area contributed by atoms with Crippen molar-refractivity contribution in [3.05, 3.63) is 93.2 Å². The van der Waals surface area contributed by atoms with Gasteiger partial charge in [0.25, 0.3) is 11.5 Å². The van der Waals surface area contributed by atoms with Gasteiger partial charge < -0.3 is 9.88 Å². The van der Waals surface area contributed by atoms with Crippen LogP contribution in [0.2, 0.25) is 0 Å². The van der Waals surface area contributed by atoms with Gasteiger partial charge in [0.15, 0.2) is 0 Å². The van der Waals surface area contributed by atoms with Gasteiger partial charge in [-0.15, -0.1) is 0 Å². The van der Waals surface area contributed by atoms with E-state index in [0.717, 1.165) is 37.2 Å². The Bertz CT molecular complexity index is 1180. The molecule has 32 heavy (non-hydrogen) atoms. The average Bonchev–Trinajstić information content (AvgIpc) is 3.30. The molecule has 3 aromatic rings. The Morgan fingerprint density at radius 1 is 1.19 bits per heavy atom. The number of amides is 1. The van der Waals surface area contributed by atoms with Crippen molar-refractivity contribution >= 4 is 5.91 Å². The Labute approximate surface area is 184 Å². The average molecular weight is 433 g/mol. The Hall–Kier alpha value is -3.39. The summed E-state index contributed by atoms with van der Waals surface area (Å²) in [6.07, 6.45) is 5.84. The summed E-state index contributed by atoms with van der Waals surface area (Å²) in [6, 6.07) is 9.22. The minimum atomic E-state index is -0.377. The number of hydrogen-bond donors (Lipinski definition) is 1. The monoisotopic (exact) mass is 433 g/mol. The third kappa shape index (κ3) is 4.05. The lowest BCUT2D eigenvalue weighted by molar-refractivity contribution is 0.0729. The molecule has 0 aliphatic carbocycles. The van der Waals surface area contributed by atoms with Gasteiger partial charge >= 0.3 is 0 Å². The van der Waals surface area contributed by atoms with E-state index in [4.69, 9.17) is 4.98 Å². The molecule has 5 rings (SSSR count). The Kier molecular flexibility index (Phi) is 5.53. The lowest BCUT2D eigenvalue weighted by Gasteiger charge is -2.29. The molecule has 7 nitrogen and oxygen atoms in total. The Balaban J connectivity index is 1.36. The maximum atomic E-state index is 13.2. The first-order valence-electron chi connectivity index (χ1n) is 10.9. The van der Waals surface area contributed by atoms with E-state index in [1.54, 1.807) is 11.1 Å². The van der Waals surface area contributed by atoms with Crippen molar-refractivity contribution in [2.24, 2.45) is 0 Å². The number of H-pyrrole nitrogens is 1. The van der Waals surface area contributed by atoms with Gasteiger partial charge in [0, 0.05) is 50.6 Å². The number of aromatic nitrogens is 3. The SMILES string of the molecule is O=C(c1ccc(F)cc1)N1CCC[C@@H]1c1nc2c(c(=O)[nH]1)CN(Cc1cccnc1)CC2. The van der Waals surface area contributed by atoms with E-state index >= 15 is 0 Å². The molecule has 0 spiro atoms. The molecule has 0 radical (unpaired) electrons. The van der Waals surface area contributed by atoms with E-state index in [9.17, 15) is 14.0 Å². The summed E-state index contributed by atoms with van der Waals surface area (Å²) >= 11 is 0. The minimum absolute atomic E-state index is 0.137. The van der Waals surface area contributed by atoms with Gasteiger partial charge in [0.2, 0.25) is 0 Å². The second kappa shape index (κ2) is 8.63. The van der Waals surface area contributed by atoms with E-state index in [1.165, 1.54) is 24.3 Å². The van der Waals surface area contributed by atoms with Crippen LogP contribution in [-0.4, -0.2) is 43.7 Å². The lowest BCUT2D eigenvalue weighted by atomic mass is 10.1. The van der Waals surface area contributed by atoms with E-state index in [-0.39, 0.29) is 23.3 Å². The largest absolute Gasteiger partial charge is 0.328 e. The first-order chi connectivity index (χ1) is 15.6.